The zero-order chi connectivity index (χ0) is 22.6. The second-order valence-electron chi connectivity index (χ2n) is 7.28. The van der Waals surface area contributed by atoms with E-state index in [-0.39, 0.29) is 12.6 Å². The third kappa shape index (κ3) is 4.84. The Hall–Kier alpha value is -3.01. The Bertz CT molecular complexity index is 1010. The first-order valence-electron chi connectivity index (χ1n) is 9.96. The number of halogens is 3. The Morgan fingerprint density at radius 1 is 1.32 bits per heavy atom. The van der Waals surface area contributed by atoms with E-state index in [0.29, 0.717) is 18.3 Å². The molecule has 0 fully saturated rings. The lowest BCUT2D eigenvalue weighted by Gasteiger charge is -2.29. The minimum absolute atomic E-state index is 0.273. The van der Waals surface area contributed by atoms with Gasteiger partial charge in [-0.15, -0.1) is 0 Å². The fourth-order valence-corrected chi connectivity index (χ4v) is 3.29. The van der Waals surface area contributed by atoms with Crippen molar-refractivity contribution in [1.82, 2.24) is 20.2 Å². The second-order valence-corrected chi connectivity index (χ2v) is 7.28. The van der Waals surface area contributed by atoms with Crippen LogP contribution in [0, 0.1) is 0 Å². The summed E-state index contributed by atoms with van der Waals surface area (Å²) in [5.74, 6) is 0.523. The van der Waals surface area contributed by atoms with Gasteiger partial charge in [0.25, 0.3) is 0 Å². The normalized spacial score (nSPS) is 15.6. The highest BCUT2D eigenvalue weighted by molar-refractivity contribution is 5.81. The molecule has 7 nitrogen and oxygen atoms in total. The molecule has 2 heterocycles. The predicted molar refractivity (Wildman–Crippen MR) is 112 cm³/mol. The number of fused-ring (bicyclic) bond motifs is 1. The number of hydrogen-bond acceptors (Lipinski definition) is 4. The molecule has 0 aliphatic carbocycles. The number of benzene rings is 1. The van der Waals surface area contributed by atoms with Crippen LogP contribution in [0.2, 0.25) is 0 Å². The van der Waals surface area contributed by atoms with Crippen molar-refractivity contribution in [2.75, 3.05) is 13.1 Å². The first kappa shape index (κ1) is 22.7. The molecule has 0 saturated heterocycles. The summed E-state index contributed by atoms with van der Waals surface area (Å²) in [7, 11) is 1.41. The Kier molecular flexibility index (Phi) is 6.59. The zero-order valence-electron chi connectivity index (χ0n) is 17.6. The maximum absolute atomic E-state index is 13.7. The smallest absolute Gasteiger partial charge is 0.424 e. The molecule has 168 valence electrons. The minimum Gasteiger partial charge on any atom is -0.459 e. The molecule has 2 unspecified atom stereocenters. The Morgan fingerprint density at radius 3 is 2.68 bits per heavy atom. The summed E-state index contributed by atoms with van der Waals surface area (Å²) in [6.45, 7) is 3.96. The van der Waals surface area contributed by atoms with Crippen LogP contribution >= 0.6 is 0 Å². The molecule has 1 aromatic carbocycles. The van der Waals surface area contributed by atoms with Crippen molar-refractivity contribution in [3.8, 4) is 0 Å². The minimum atomic E-state index is -4.89. The van der Waals surface area contributed by atoms with Gasteiger partial charge in [-0.25, -0.2) is 4.98 Å². The fourth-order valence-electron chi connectivity index (χ4n) is 3.29. The van der Waals surface area contributed by atoms with Crippen molar-refractivity contribution in [3.63, 3.8) is 0 Å². The van der Waals surface area contributed by atoms with Crippen molar-refractivity contribution < 1.29 is 22.7 Å². The monoisotopic (exact) mass is 437 g/mol. The highest BCUT2D eigenvalue weighted by atomic mass is 19.4. The van der Waals surface area contributed by atoms with E-state index in [9.17, 15) is 18.3 Å². The van der Waals surface area contributed by atoms with Gasteiger partial charge in [-0.05, 0) is 26.0 Å². The number of nitrogens with one attached hydrogen (secondary N) is 2. The van der Waals surface area contributed by atoms with Gasteiger partial charge in [0.2, 0.25) is 5.60 Å². The second kappa shape index (κ2) is 9.01. The van der Waals surface area contributed by atoms with Crippen LogP contribution in [0.4, 0.5) is 13.2 Å². The van der Waals surface area contributed by atoms with Gasteiger partial charge in [0, 0.05) is 44.3 Å². The summed E-state index contributed by atoms with van der Waals surface area (Å²) >= 11 is 0. The number of guanidine groups is 1. The van der Waals surface area contributed by atoms with Crippen molar-refractivity contribution >= 4 is 16.9 Å². The van der Waals surface area contributed by atoms with Gasteiger partial charge in [0.05, 0.1) is 6.04 Å². The van der Waals surface area contributed by atoms with Gasteiger partial charge in [-0.3, -0.25) is 4.99 Å². The summed E-state index contributed by atoms with van der Waals surface area (Å²) in [6.07, 6.45) is -2.99. The van der Waals surface area contributed by atoms with Gasteiger partial charge in [-0.1, -0.05) is 18.2 Å². The number of aryl methyl sites for hydroxylation is 1. The molecule has 2 atom stereocenters. The van der Waals surface area contributed by atoms with Crippen LogP contribution in [-0.2, 0) is 12.6 Å². The van der Waals surface area contributed by atoms with Crippen molar-refractivity contribution in [3.05, 3.63) is 54.3 Å². The van der Waals surface area contributed by atoms with Crippen molar-refractivity contribution in [2.24, 2.45) is 12.0 Å². The number of nitrogens with zero attached hydrogens (tertiary/aromatic N) is 3. The summed E-state index contributed by atoms with van der Waals surface area (Å²) in [5.41, 5.74) is -2.35. The number of hydrogen-bond donors (Lipinski definition) is 3. The Morgan fingerprint density at radius 2 is 2.06 bits per heavy atom. The first-order valence-corrected chi connectivity index (χ1v) is 9.96. The van der Waals surface area contributed by atoms with Crippen LogP contribution in [-0.4, -0.2) is 39.9 Å². The quantitative estimate of drug-likeness (QED) is 0.388. The number of alkyl halides is 3. The molecule has 10 heteroatoms. The largest absolute Gasteiger partial charge is 0.459 e. The molecule has 0 bridgehead atoms. The fraction of sp³-hybridized carbons (Fsp3) is 0.429. The first-order chi connectivity index (χ1) is 14.7. The van der Waals surface area contributed by atoms with Crippen molar-refractivity contribution in [2.45, 2.75) is 38.1 Å². The lowest BCUT2D eigenvalue weighted by atomic mass is 9.98. The van der Waals surface area contributed by atoms with Crippen molar-refractivity contribution in [1.29, 1.82) is 0 Å². The lowest BCUT2D eigenvalue weighted by molar-refractivity contribution is -0.272. The summed E-state index contributed by atoms with van der Waals surface area (Å²) in [6, 6.07) is 9.21. The maximum Gasteiger partial charge on any atom is 0.424 e. The number of rotatable bonds is 7. The van der Waals surface area contributed by atoms with Gasteiger partial charge in [-0.2, -0.15) is 13.2 Å². The predicted octanol–water partition coefficient (Wildman–Crippen LogP) is 3.62. The molecular formula is C21H26F3N5O2. The average Bonchev–Trinajstić information content (AvgIpc) is 3.33. The number of aliphatic imine (C=N–C) groups is 1. The number of aliphatic hydroxyl groups is 1. The Labute approximate surface area is 178 Å². The molecule has 0 amide bonds. The van der Waals surface area contributed by atoms with E-state index < -0.39 is 24.0 Å². The SMILES string of the molecule is CCNC(=NCCC(O)(c1nccn1C)C(F)(F)F)NC(C)c1cc2ccccc2o1. The molecule has 3 N–H and O–H groups in total. The molecule has 0 spiro atoms. The lowest BCUT2D eigenvalue weighted by Crippen LogP contribution is -2.45. The molecule has 0 aliphatic rings. The highest BCUT2D eigenvalue weighted by Crippen LogP contribution is 2.40. The average molecular weight is 437 g/mol. The van der Waals surface area contributed by atoms with Crippen LogP contribution in [0.3, 0.4) is 0 Å². The molecule has 3 aromatic rings. The van der Waals surface area contributed by atoms with E-state index in [1.54, 1.807) is 0 Å². The number of furan rings is 1. The van der Waals surface area contributed by atoms with E-state index in [4.69, 9.17) is 4.42 Å². The zero-order valence-corrected chi connectivity index (χ0v) is 17.6. The molecule has 0 aliphatic heterocycles. The van der Waals surface area contributed by atoms with Crippen LogP contribution in [0.5, 0.6) is 0 Å². The number of para-hydroxylation sites is 1. The van der Waals surface area contributed by atoms with Gasteiger partial charge >= 0.3 is 6.18 Å². The van der Waals surface area contributed by atoms with Crippen LogP contribution in [0.15, 0.2) is 52.1 Å². The summed E-state index contributed by atoms with van der Waals surface area (Å²) in [5, 5.41) is 17.5. The molecular weight excluding hydrogens is 411 g/mol. The molecule has 2 aromatic heterocycles. The third-order valence-corrected chi connectivity index (χ3v) is 4.97. The highest BCUT2D eigenvalue weighted by Gasteiger charge is 2.57. The van der Waals surface area contributed by atoms with Crippen LogP contribution in [0.25, 0.3) is 11.0 Å². The number of aromatic nitrogens is 2. The molecule has 3 rings (SSSR count). The third-order valence-electron chi connectivity index (χ3n) is 4.97. The molecule has 0 radical (unpaired) electrons. The Balaban J connectivity index is 1.74. The molecule has 0 saturated carbocycles. The van der Waals surface area contributed by atoms with E-state index in [1.807, 2.05) is 44.2 Å². The van der Waals surface area contributed by atoms with Crippen LogP contribution in [0.1, 0.15) is 37.9 Å². The standard InChI is InChI=1S/C21H26F3N5O2/c1-4-25-19(28-14(2)17-13-15-7-5-6-8-16(15)31-17)27-10-9-20(30,21(22,23)24)18-26-11-12-29(18)3/h5-8,11-14,30H,4,9-10H2,1-3H3,(H2,25,27,28). The maximum atomic E-state index is 13.7. The molecule has 31 heavy (non-hydrogen) atoms. The van der Waals surface area contributed by atoms with Gasteiger partial charge in [0.1, 0.15) is 17.2 Å². The van der Waals surface area contributed by atoms with Gasteiger partial charge < -0.3 is 24.7 Å². The summed E-state index contributed by atoms with van der Waals surface area (Å²) < 4.78 is 48.0. The topological polar surface area (TPSA) is 87.6 Å². The summed E-state index contributed by atoms with van der Waals surface area (Å²) in [4.78, 5) is 7.92. The van der Waals surface area contributed by atoms with E-state index in [0.717, 1.165) is 15.5 Å². The van der Waals surface area contributed by atoms with Gasteiger partial charge in [0.15, 0.2) is 5.96 Å². The van der Waals surface area contributed by atoms with E-state index in [1.165, 1.54) is 19.4 Å². The van der Waals surface area contributed by atoms with E-state index >= 15 is 0 Å². The van der Waals surface area contributed by atoms with Crippen LogP contribution < -0.4 is 10.6 Å². The number of imidazole rings is 1. The van der Waals surface area contributed by atoms with E-state index in [2.05, 4.69) is 20.6 Å².